The van der Waals surface area contributed by atoms with Crippen LogP contribution in [0.25, 0.3) is 0 Å². The van der Waals surface area contributed by atoms with Crippen LogP contribution in [-0.2, 0) is 6.42 Å². The predicted octanol–water partition coefficient (Wildman–Crippen LogP) is 2.24. The molecule has 0 aromatic heterocycles. The lowest BCUT2D eigenvalue weighted by Gasteiger charge is -2.03. The second-order valence-corrected chi connectivity index (χ2v) is 2.52. The lowest BCUT2D eigenvalue weighted by Crippen LogP contribution is -1.90. The van der Waals surface area contributed by atoms with Crippen LogP contribution in [0.5, 0.6) is 5.75 Å². The molecule has 0 aliphatic carbocycles. The summed E-state index contributed by atoms with van der Waals surface area (Å²) in [4.78, 5) is 0. The summed E-state index contributed by atoms with van der Waals surface area (Å²) in [6, 6.07) is 7.89. The SMILES string of the molecule is COc1ccccc1CC=S. The number of hydrogen-bond acceptors (Lipinski definition) is 2. The van der Waals surface area contributed by atoms with Gasteiger partial charge in [0, 0.05) is 6.42 Å². The van der Waals surface area contributed by atoms with Crippen LogP contribution in [-0.4, -0.2) is 12.5 Å². The highest BCUT2D eigenvalue weighted by Gasteiger charge is 1.97. The third kappa shape index (κ3) is 2.02. The molecule has 0 heterocycles. The van der Waals surface area contributed by atoms with Gasteiger partial charge in [-0.2, -0.15) is 0 Å². The zero-order valence-corrected chi connectivity index (χ0v) is 7.23. The van der Waals surface area contributed by atoms with Crippen molar-refractivity contribution in [3.05, 3.63) is 29.8 Å². The third-order valence-electron chi connectivity index (χ3n) is 1.50. The van der Waals surface area contributed by atoms with E-state index in [4.69, 9.17) is 17.0 Å². The van der Waals surface area contributed by atoms with E-state index in [-0.39, 0.29) is 0 Å². The number of ether oxygens (including phenoxy) is 1. The van der Waals surface area contributed by atoms with Gasteiger partial charge in [-0.3, -0.25) is 0 Å². The van der Waals surface area contributed by atoms with E-state index in [1.165, 1.54) is 0 Å². The van der Waals surface area contributed by atoms with Gasteiger partial charge in [-0.1, -0.05) is 30.4 Å². The first kappa shape index (κ1) is 8.21. The number of hydrogen-bond donors (Lipinski definition) is 0. The van der Waals surface area contributed by atoms with Crippen molar-refractivity contribution >= 4 is 17.6 Å². The van der Waals surface area contributed by atoms with E-state index in [2.05, 4.69) is 0 Å². The van der Waals surface area contributed by atoms with Crippen LogP contribution in [0.4, 0.5) is 0 Å². The van der Waals surface area contributed by atoms with E-state index in [1.807, 2.05) is 24.3 Å². The van der Waals surface area contributed by atoms with E-state index < -0.39 is 0 Å². The fraction of sp³-hybridized carbons (Fsp3) is 0.222. The summed E-state index contributed by atoms with van der Waals surface area (Å²) in [6.45, 7) is 0. The normalized spacial score (nSPS) is 9.18. The van der Waals surface area contributed by atoms with E-state index in [9.17, 15) is 0 Å². The number of para-hydroxylation sites is 1. The van der Waals surface area contributed by atoms with Gasteiger partial charge in [0.2, 0.25) is 0 Å². The number of thiocarbonyl (C=S) groups is 1. The summed E-state index contributed by atoms with van der Waals surface area (Å²) < 4.78 is 5.13. The highest BCUT2D eigenvalue weighted by Crippen LogP contribution is 2.16. The van der Waals surface area contributed by atoms with Gasteiger partial charge in [0.25, 0.3) is 0 Å². The Morgan fingerprint density at radius 1 is 1.45 bits per heavy atom. The molecule has 11 heavy (non-hydrogen) atoms. The molecule has 0 unspecified atom stereocenters. The molecule has 0 fully saturated rings. The maximum atomic E-state index is 5.13. The molecule has 0 aliphatic rings. The number of rotatable bonds is 3. The van der Waals surface area contributed by atoms with Crippen LogP contribution in [0.2, 0.25) is 0 Å². The molecule has 0 saturated carbocycles. The van der Waals surface area contributed by atoms with E-state index in [0.717, 1.165) is 17.7 Å². The standard InChI is InChI=1S/C9H10OS/c1-10-9-5-3-2-4-8(9)6-7-11/h2-5,7H,6H2,1H3. The number of benzene rings is 1. The lowest BCUT2D eigenvalue weighted by molar-refractivity contribution is 0.411. The maximum Gasteiger partial charge on any atom is 0.122 e. The molecule has 2 heteroatoms. The Morgan fingerprint density at radius 3 is 2.82 bits per heavy atom. The van der Waals surface area contributed by atoms with Crippen LogP contribution in [0.15, 0.2) is 24.3 Å². The van der Waals surface area contributed by atoms with Crippen LogP contribution in [0.3, 0.4) is 0 Å². The van der Waals surface area contributed by atoms with Gasteiger partial charge >= 0.3 is 0 Å². The maximum absolute atomic E-state index is 5.13. The summed E-state index contributed by atoms with van der Waals surface area (Å²) in [6.07, 6.45) is 0.791. The molecule has 0 amide bonds. The highest BCUT2D eigenvalue weighted by atomic mass is 32.1. The molecule has 0 aliphatic heterocycles. The Hall–Kier alpha value is -0.890. The van der Waals surface area contributed by atoms with Gasteiger partial charge in [-0.25, -0.2) is 0 Å². The lowest BCUT2D eigenvalue weighted by atomic mass is 10.1. The van der Waals surface area contributed by atoms with Gasteiger partial charge < -0.3 is 4.74 Å². The van der Waals surface area contributed by atoms with Crippen molar-refractivity contribution in [1.82, 2.24) is 0 Å². The molecule has 1 nitrogen and oxygen atoms in total. The largest absolute Gasteiger partial charge is 0.496 e. The van der Waals surface area contributed by atoms with Gasteiger partial charge in [0.05, 0.1) is 7.11 Å². The van der Waals surface area contributed by atoms with Crippen molar-refractivity contribution in [3.8, 4) is 5.75 Å². The fourth-order valence-corrected chi connectivity index (χ4v) is 1.14. The van der Waals surface area contributed by atoms with Crippen LogP contribution in [0, 0.1) is 0 Å². The Kier molecular flexibility index (Phi) is 3.05. The summed E-state index contributed by atoms with van der Waals surface area (Å²) in [5.74, 6) is 0.911. The average molecular weight is 166 g/mol. The van der Waals surface area contributed by atoms with Gasteiger partial charge in [-0.05, 0) is 17.0 Å². The minimum Gasteiger partial charge on any atom is -0.496 e. The average Bonchev–Trinajstić information content (AvgIpc) is 2.06. The van der Waals surface area contributed by atoms with Gasteiger partial charge in [-0.15, -0.1) is 0 Å². The summed E-state index contributed by atoms with van der Waals surface area (Å²) in [5.41, 5.74) is 1.14. The summed E-state index contributed by atoms with van der Waals surface area (Å²) in [5, 5.41) is 1.71. The zero-order valence-electron chi connectivity index (χ0n) is 6.41. The first-order valence-corrected chi connectivity index (χ1v) is 3.91. The minimum absolute atomic E-state index is 0.791. The quantitative estimate of drug-likeness (QED) is 0.637. The Morgan fingerprint density at radius 2 is 2.18 bits per heavy atom. The molecular formula is C9H10OS. The topological polar surface area (TPSA) is 9.23 Å². The Labute approximate surface area is 72.0 Å². The molecule has 1 rings (SSSR count). The van der Waals surface area contributed by atoms with Crippen LogP contribution in [0.1, 0.15) is 5.56 Å². The summed E-state index contributed by atoms with van der Waals surface area (Å²) in [7, 11) is 1.67. The van der Waals surface area contributed by atoms with Gasteiger partial charge in [0.15, 0.2) is 0 Å². The second kappa shape index (κ2) is 4.09. The van der Waals surface area contributed by atoms with Crippen molar-refractivity contribution in [2.45, 2.75) is 6.42 Å². The molecule has 0 saturated heterocycles. The zero-order chi connectivity index (χ0) is 8.10. The highest BCUT2D eigenvalue weighted by molar-refractivity contribution is 7.78. The molecule has 0 N–H and O–H groups in total. The van der Waals surface area contributed by atoms with Crippen molar-refractivity contribution in [1.29, 1.82) is 0 Å². The van der Waals surface area contributed by atoms with E-state index in [0.29, 0.717) is 0 Å². The van der Waals surface area contributed by atoms with Gasteiger partial charge in [0.1, 0.15) is 5.75 Å². The molecule has 0 bridgehead atoms. The van der Waals surface area contributed by atoms with Crippen LogP contribution < -0.4 is 4.74 Å². The minimum atomic E-state index is 0.791. The molecule has 1 aromatic carbocycles. The first-order valence-electron chi connectivity index (χ1n) is 3.44. The predicted molar refractivity (Wildman–Crippen MR) is 50.4 cm³/mol. The van der Waals surface area contributed by atoms with Crippen LogP contribution >= 0.6 is 12.2 Å². The van der Waals surface area contributed by atoms with Crippen molar-refractivity contribution < 1.29 is 4.74 Å². The third-order valence-corrected chi connectivity index (χ3v) is 1.66. The fourth-order valence-electron chi connectivity index (χ4n) is 0.961. The Bertz CT molecular complexity index is 245. The van der Waals surface area contributed by atoms with E-state index in [1.54, 1.807) is 12.5 Å². The van der Waals surface area contributed by atoms with Crippen molar-refractivity contribution in [3.63, 3.8) is 0 Å². The molecule has 58 valence electrons. The molecule has 1 aromatic rings. The molecular weight excluding hydrogens is 156 g/mol. The smallest absolute Gasteiger partial charge is 0.122 e. The molecule has 0 radical (unpaired) electrons. The monoisotopic (exact) mass is 166 g/mol. The Balaban J connectivity index is 2.92. The summed E-state index contributed by atoms with van der Waals surface area (Å²) >= 11 is 4.76. The molecule has 0 spiro atoms. The molecule has 0 atom stereocenters. The van der Waals surface area contributed by atoms with Crippen molar-refractivity contribution in [2.75, 3.05) is 7.11 Å². The van der Waals surface area contributed by atoms with Crippen molar-refractivity contribution in [2.24, 2.45) is 0 Å². The second-order valence-electron chi connectivity index (χ2n) is 2.18. The number of methoxy groups -OCH3 is 1. The first-order chi connectivity index (χ1) is 5.38. The van der Waals surface area contributed by atoms with E-state index >= 15 is 0 Å².